The van der Waals surface area contributed by atoms with Crippen LogP contribution in [0.1, 0.15) is 17.9 Å². The van der Waals surface area contributed by atoms with Crippen LogP contribution in [-0.4, -0.2) is 41.4 Å². The van der Waals surface area contributed by atoms with Crippen LogP contribution in [-0.2, 0) is 4.74 Å². The van der Waals surface area contributed by atoms with Gasteiger partial charge in [0.2, 0.25) is 0 Å². The highest BCUT2D eigenvalue weighted by Gasteiger charge is 2.03. The second kappa shape index (κ2) is 6.40. The Balaban J connectivity index is 2.37. The number of nitrogens with zero attached hydrogens (tertiary/aromatic N) is 2. The Bertz CT molecular complexity index is 311. The van der Waals surface area contributed by atoms with Crippen LogP contribution in [0.25, 0.3) is 0 Å². The van der Waals surface area contributed by atoms with E-state index in [0.717, 1.165) is 17.3 Å². The number of methoxy groups -OCH3 is 1. The third kappa shape index (κ3) is 4.55. The van der Waals surface area contributed by atoms with Gasteiger partial charge in [-0.3, -0.25) is 0 Å². The van der Waals surface area contributed by atoms with E-state index in [1.54, 1.807) is 7.11 Å². The summed E-state index contributed by atoms with van der Waals surface area (Å²) in [6.45, 7) is 4.82. The molecule has 0 spiro atoms. The van der Waals surface area contributed by atoms with Gasteiger partial charge in [0.1, 0.15) is 11.6 Å². The van der Waals surface area contributed by atoms with Crippen molar-refractivity contribution < 1.29 is 9.84 Å². The minimum Gasteiger partial charge on any atom is -0.391 e. The van der Waals surface area contributed by atoms with Gasteiger partial charge >= 0.3 is 0 Å². The van der Waals surface area contributed by atoms with E-state index in [9.17, 15) is 5.11 Å². The molecule has 5 heteroatoms. The summed E-state index contributed by atoms with van der Waals surface area (Å²) < 4.78 is 4.84. The molecule has 0 aromatic carbocycles. The van der Waals surface area contributed by atoms with Crippen molar-refractivity contribution in [1.82, 2.24) is 9.97 Å². The maximum Gasteiger partial charge on any atom is 0.129 e. The Labute approximate surface area is 95.9 Å². The Kier molecular flexibility index (Phi) is 5.14. The summed E-state index contributed by atoms with van der Waals surface area (Å²) in [5.74, 6) is 1.55. The van der Waals surface area contributed by atoms with E-state index in [-0.39, 0.29) is 0 Å². The lowest BCUT2D eigenvalue weighted by Crippen LogP contribution is -2.18. The number of aliphatic hydroxyl groups is 1. The van der Waals surface area contributed by atoms with Crippen molar-refractivity contribution in [2.24, 2.45) is 0 Å². The Morgan fingerprint density at radius 3 is 2.81 bits per heavy atom. The first-order valence-electron chi connectivity index (χ1n) is 5.35. The van der Waals surface area contributed by atoms with Crippen molar-refractivity contribution in [3.05, 3.63) is 17.6 Å². The van der Waals surface area contributed by atoms with E-state index in [1.165, 1.54) is 0 Å². The van der Waals surface area contributed by atoms with Crippen molar-refractivity contribution in [1.29, 1.82) is 0 Å². The molecule has 1 unspecified atom stereocenters. The molecule has 1 heterocycles. The highest BCUT2D eigenvalue weighted by Crippen LogP contribution is 2.05. The maximum absolute atomic E-state index is 9.44. The second-order valence-corrected chi connectivity index (χ2v) is 3.77. The molecule has 1 rings (SSSR count). The fourth-order valence-electron chi connectivity index (χ4n) is 1.45. The van der Waals surface area contributed by atoms with Crippen LogP contribution >= 0.6 is 0 Å². The van der Waals surface area contributed by atoms with Gasteiger partial charge in [-0.1, -0.05) is 0 Å². The van der Waals surface area contributed by atoms with Gasteiger partial charge in [0.15, 0.2) is 0 Å². The van der Waals surface area contributed by atoms with Gasteiger partial charge in [-0.05, 0) is 20.3 Å². The summed E-state index contributed by atoms with van der Waals surface area (Å²) in [5, 5.41) is 12.6. The van der Waals surface area contributed by atoms with Gasteiger partial charge in [0.25, 0.3) is 0 Å². The number of aliphatic hydroxyl groups excluding tert-OH is 1. The Hall–Kier alpha value is -1.20. The smallest absolute Gasteiger partial charge is 0.129 e. The molecule has 0 aliphatic rings. The predicted molar refractivity (Wildman–Crippen MR) is 62.5 cm³/mol. The number of rotatable bonds is 6. The number of aromatic nitrogens is 2. The van der Waals surface area contributed by atoms with Gasteiger partial charge in [0, 0.05) is 25.4 Å². The first-order valence-corrected chi connectivity index (χ1v) is 5.35. The molecular weight excluding hydrogens is 206 g/mol. The highest BCUT2D eigenvalue weighted by molar-refractivity contribution is 5.35. The number of ether oxygens (including phenoxy) is 1. The molecule has 1 aromatic rings. The zero-order valence-electron chi connectivity index (χ0n) is 10.0. The number of nitrogens with one attached hydrogen (secondary N) is 1. The van der Waals surface area contributed by atoms with Crippen molar-refractivity contribution in [3.8, 4) is 0 Å². The van der Waals surface area contributed by atoms with Gasteiger partial charge in [-0.15, -0.1) is 0 Å². The summed E-state index contributed by atoms with van der Waals surface area (Å²) in [6.07, 6.45) is 0.206. The lowest BCUT2D eigenvalue weighted by molar-refractivity contribution is 0.0615. The van der Waals surface area contributed by atoms with Crippen LogP contribution in [0.15, 0.2) is 6.07 Å². The van der Waals surface area contributed by atoms with Gasteiger partial charge in [0.05, 0.1) is 12.7 Å². The summed E-state index contributed by atoms with van der Waals surface area (Å²) in [5.41, 5.74) is 0.937. The summed E-state index contributed by atoms with van der Waals surface area (Å²) >= 11 is 0. The van der Waals surface area contributed by atoms with Gasteiger partial charge < -0.3 is 15.2 Å². The summed E-state index contributed by atoms with van der Waals surface area (Å²) in [4.78, 5) is 8.43. The van der Waals surface area contributed by atoms with Crippen LogP contribution in [0.4, 0.5) is 5.82 Å². The molecule has 90 valence electrons. The minimum absolute atomic E-state index is 0.365. The lowest BCUT2D eigenvalue weighted by atomic mass is 10.2. The molecule has 0 saturated carbocycles. The van der Waals surface area contributed by atoms with Gasteiger partial charge in [-0.2, -0.15) is 0 Å². The normalized spacial score (nSPS) is 12.5. The molecule has 1 atom stereocenters. The van der Waals surface area contributed by atoms with E-state index < -0.39 is 6.10 Å². The Morgan fingerprint density at radius 2 is 2.19 bits per heavy atom. The zero-order valence-corrected chi connectivity index (χ0v) is 10.0. The first kappa shape index (κ1) is 12.9. The van der Waals surface area contributed by atoms with Crippen LogP contribution < -0.4 is 5.32 Å². The SMILES string of the molecule is COCC(O)CCNc1cc(C)nc(C)n1. The van der Waals surface area contributed by atoms with Crippen LogP contribution in [0, 0.1) is 13.8 Å². The average Bonchev–Trinajstić information content (AvgIpc) is 2.16. The number of aryl methyl sites for hydroxylation is 2. The third-order valence-corrected chi connectivity index (χ3v) is 2.11. The molecular formula is C11H19N3O2. The van der Waals surface area contributed by atoms with Crippen molar-refractivity contribution >= 4 is 5.82 Å². The van der Waals surface area contributed by atoms with Crippen molar-refractivity contribution in [3.63, 3.8) is 0 Å². The van der Waals surface area contributed by atoms with E-state index in [2.05, 4.69) is 15.3 Å². The van der Waals surface area contributed by atoms with E-state index in [1.807, 2.05) is 19.9 Å². The van der Waals surface area contributed by atoms with Crippen molar-refractivity contribution in [2.45, 2.75) is 26.4 Å². The molecule has 0 aliphatic carbocycles. The monoisotopic (exact) mass is 225 g/mol. The molecule has 2 N–H and O–H groups in total. The van der Waals surface area contributed by atoms with Gasteiger partial charge in [-0.25, -0.2) is 9.97 Å². The topological polar surface area (TPSA) is 67.3 Å². The molecule has 0 radical (unpaired) electrons. The number of hydrogen-bond donors (Lipinski definition) is 2. The third-order valence-electron chi connectivity index (χ3n) is 2.11. The van der Waals surface area contributed by atoms with Crippen LogP contribution in [0.3, 0.4) is 0 Å². The number of anilines is 1. The summed E-state index contributed by atoms with van der Waals surface area (Å²) in [7, 11) is 1.58. The predicted octanol–water partition coefficient (Wildman–Crippen LogP) is 0.903. The Morgan fingerprint density at radius 1 is 1.44 bits per heavy atom. The fraction of sp³-hybridized carbons (Fsp3) is 0.636. The average molecular weight is 225 g/mol. The van der Waals surface area contributed by atoms with E-state index in [4.69, 9.17) is 4.74 Å². The summed E-state index contributed by atoms with van der Waals surface area (Å²) in [6, 6.07) is 1.88. The largest absolute Gasteiger partial charge is 0.391 e. The molecule has 16 heavy (non-hydrogen) atoms. The van der Waals surface area contributed by atoms with Crippen LogP contribution in [0.2, 0.25) is 0 Å². The lowest BCUT2D eigenvalue weighted by Gasteiger charge is -2.10. The van der Waals surface area contributed by atoms with Crippen molar-refractivity contribution in [2.75, 3.05) is 25.6 Å². The molecule has 0 amide bonds. The molecule has 5 nitrogen and oxygen atoms in total. The van der Waals surface area contributed by atoms with E-state index in [0.29, 0.717) is 19.6 Å². The second-order valence-electron chi connectivity index (χ2n) is 3.77. The standard InChI is InChI=1S/C11H19N3O2/c1-8-6-11(14-9(2)13-8)12-5-4-10(15)7-16-3/h6,10,15H,4-5,7H2,1-3H3,(H,12,13,14). The molecule has 0 saturated heterocycles. The van der Waals surface area contributed by atoms with E-state index >= 15 is 0 Å². The molecule has 0 bridgehead atoms. The molecule has 1 aromatic heterocycles. The fourth-order valence-corrected chi connectivity index (χ4v) is 1.45. The molecule has 0 aliphatic heterocycles. The molecule has 0 fully saturated rings. The van der Waals surface area contributed by atoms with Crippen LogP contribution in [0.5, 0.6) is 0 Å². The highest BCUT2D eigenvalue weighted by atomic mass is 16.5. The maximum atomic E-state index is 9.44. The number of hydrogen-bond acceptors (Lipinski definition) is 5. The first-order chi connectivity index (χ1) is 7.61. The quantitative estimate of drug-likeness (QED) is 0.753. The minimum atomic E-state index is -0.429. The zero-order chi connectivity index (χ0) is 12.0.